The zero-order valence-electron chi connectivity index (χ0n) is 13.2. The fourth-order valence-corrected chi connectivity index (χ4v) is 2.47. The fraction of sp³-hybridized carbons (Fsp3) is 0.667. The Hall–Kier alpha value is -0.820. The third-order valence-corrected chi connectivity index (χ3v) is 3.77. The maximum Gasteiger partial charge on any atom is 0.0720 e. The Labute approximate surface area is 119 Å². The van der Waals surface area contributed by atoms with Crippen molar-refractivity contribution in [1.82, 2.24) is 0 Å². The smallest absolute Gasteiger partial charge is 0.0720 e. The zero-order chi connectivity index (χ0) is 14.1. The van der Waals surface area contributed by atoms with Crippen molar-refractivity contribution in [3.63, 3.8) is 0 Å². The van der Waals surface area contributed by atoms with E-state index in [9.17, 15) is 0 Å². The summed E-state index contributed by atoms with van der Waals surface area (Å²) >= 11 is 0. The molecule has 1 heteroatoms. The van der Waals surface area contributed by atoms with E-state index in [-0.39, 0.29) is 0 Å². The van der Waals surface area contributed by atoms with Gasteiger partial charge in [0.15, 0.2) is 0 Å². The first kappa shape index (κ1) is 16.2. The third-order valence-electron chi connectivity index (χ3n) is 3.77. The van der Waals surface area contributed by atoms with Gasteiger partial charge in [0.25, 0.3) is 0 Å². The summed E-state index contributed by atoms with van der Waals surface area (Å²) in [5.74, 6) is 0. The largest absolute Gasteiger partial charge is 0.374 e. The molecule has 0 spiro atoms. The summed E-state index contributed by atoms with van der Waals surface area (Å²) in [6, 6.07) is 6.73. The average Bonchev–Trinajstić information content (AvgIpc) is 2.43. The maximum atomic E-state index is 6.11. The van der Waals surface area contributed by atoms with Gasteiger partial charge in [-0.25, -0.2) is 0 Å². The Morgan fingerprint density at radius 1 is 1.05 bits per heavy atom. The van der Waals surface area contributed by atoms with Gasteiger partial charge in [-0.2, -0.15) is 0 Å². The van der Waals surface area contributed by atoms with E-state index in [2.05, 4.69) is 45.9 Å². The minimum absolute atomic E-state index is 0.441. The molecule has 0 fully saturated rings. The normalized spacial score (nSPS) is 12.6. The minimum Gasteiger partial charge on any atom is -0.374 e. The molecular weight excluding hydrogens is 232 g/mol. The van der Waals surface area contributed by atoms with Crippen molar-refractivity contribution in [3.8, 4) is 0 Å². The Bertz CT molecular complexity index is 357. The number of hydrogen-bond acceptors (Lipinski definition) is 1. The maximum absolute atomic E-state index is 6.11. The molecule has 0 radical (unpaired) electrons. The van der Waals surface area contributed by atoms with Gasteiger partial charge in [-0.3, -0.25) is 0 Å². The molecule has 0 aliphatic heterocycles. The molecule has 1 atom stereocenters. The Kier molecular flexibility index (Phi) is 7.81. The second-order valence-electron chi connectivity index (χ2n) is 5.48. The van der Waals surface area contributed by atoms with E-state index < -0.39 is 0 Å². The Morgan fingerprint density at radius 3 is 2.47 bits per heavy atom. The zero-order valence-corrected chi connectivity index (χ0v) is 13.2. The molecule has 1 unspecified atom stereocenters. The fourth-order valence-electron chi connectivity index (χ4n) is 2.47. The summed E-state index contributed by atoms with van der Waals surface area (Å²) in [5.41, 5.74) is 4.16. The van der Waals surface area contributed by atoms with Crippen molar-refractivity contribution >= 4 is 0 Å². The van der Waals surface area contributed by atoms with Crippen molar-refractivity contribution in [3.05, 3.63) is 34.9 Å². The number of hydrogen-bond donors (Lipinski definition) is 0. The van der Waals surface area contributed by atoms with Crippen LogP contribution in [0.25, 0.3) is 0 Å². The van der Waals surface area contributed by atoms with Gasteiger partial charge >= 0.3 is 0 Å². The van der Waals surface area contributed by atoms with E-state index in [4.69, 9.17) is 4.74 Å². The second-order valence-corrected chi connectivity index (χ2v) is 5.48. The van der Waals surface area contributed by atoms with Gasteiger partial charge in [-0.05, 0) is 42.9 Å². The van der Waals surface area contributed by atoms with Crippen LogP contribution in [0, 0.1) is 6.92 Å². The van der Waals surface area contributed by atoms with Crippen LogP contribution in [0.3, 0.4) is 0 Å². The molecule has 0 aromatic heterocycles. The van der Waals surface area contributed by atoms with Crippen LogP contribution in [-0.2, 0) is 17.8 Å². The first-order valence-electron chi connectivity index (χ1n) is 7.91. The molecule has 1 rings (SSSR count). The van der Waals surface area contributed by atoms with Crippen LogP contribution >= 0.6 is 0 Å². The van der Waals surface area contributed by atoms with E-state index in [0.717, 1.165) is 13.0 Å². The molecular formula is C18H30O. The number of rotatable bonds is 9. The lowest BCUT2D eigenvalue weighted by Gasteiger charge is -2.17. The summed E-state index contributed by atoms with van der Waals surface area (Å²) < 4.78 is 6.11. The van der Waals surface area contributed by atoms with Crippen molar-refractivity contribution in [2.45, 2.75) is 78.9 Å². The van der Waals surface area contributed by atoms with Crippen molar-refractivity contribution < 1.29 is 4.74 Å². The predicted octanol–water partition coefficient (Wildman–Crippen LogP) is 5.43. The van der Waals surface area contributed by atoms with Gasteiger partial charge in [0.05, 0.1) is 12.7 Å². The van der Waals surface area contributed by atoms with Crippen LogP contribution in [0.1, 0.15) is 69.6 Å². The molecule has 19 heavy (non-hydrogen) atoms. The number of aryl methyl sites for hydroxylation is 2. The second kappa shape index (κ2) is 9.14. The first-order valence-corrected chi connectivity index (χ1v) is 7.91. The predicted molar refractivity (Wildman–Crippen MR) is 83.6 cm³/mol. The number of unbranched alkanes of at least 4 members (excludes halogenated alkanes) is 1. The van der Waals surface area contributed by atoms with Crippen molar-refractivity contribution in [2.24, 2.45) is 0 Å². The summed E-state index contributed by atoms with van der Waals surface area (Å²) in [4.78, 5) is 0. The standard InChI is InChI=1S/C18H30O/c1-5-8-10-18(9-6-2)19-14-16-12-11-15(4)17(7-3)13-16/h11-13,18H,5-10,14H2,1-4H3. The van der Waals surface area contributed by atoms with Crippen LogP contribution in [0.2, 0.25) is 0 Å². The van der Waals surface area contributed by atoms with Crippen LogP contribution in [0.5, 0.6) is 0 Å². The van der Waals surface area contributed by atoms with Crippen molar-refractivity contribution in [1.29, 1.82) is 0 Å². The molecule has 0 saturated carbocycles. The Morgan fingerprint density at radius 2 is 1.84 bits per heavy atom. The van der Waals surface area contributed by atoms with Gasteiger partial charge < -0.3 is 4.74 Å². The molecule has 0 N–H and O–H groups in total. The molecule has 0 heterocycles. The SMILES string of the molecule is CCCCC(CCC)OCc1ccc(C)c(CC)c1. The van der Waals surface area contributed by atoms with Gasteiger partial charge in [0.2, 0.25) is 0 Å². The molecule has 0 aliphatic rings. The monoisotopic (exact) mass is 262 g/mol. The molecule has 1 aromatic carbocycles. The molecule has 0 saturated heterocycles. The van der Waals surface area contributed by atoms with E-state index >= 15 is 0 Å². The van der Waals surface area contributed by atoms with E-state index in [1.165, 1.54) is 48.8 Å². The quantitative estimate of drug-likeness (QED) is 0.576. The molecule has 0 aliphatic carbocycles. The molecule has 0 bridgehead atoms. The van der Waals surface area contributed by atoms with E-state index in [1.54, 1.807) is 0 Å². The lowest BCUT2D eigenvalue weighted by Crippen LogP contribution is -2.12. The topological polar surface area (TPSA) is 9.23 Å². The summed E-state index contributed by atoms with van der Waals surface area (Å²) in [6.07, 6.45) is 7.68. The lowest BCUT2D eigenvalue weighted by atomic mass is 10.0. The highest BCUT2D eigenvalue weighted by Gasteiger charge is 2.08. The van der Waals surface area contributed by atoms with Crippen LogP contribution in [0.15, 0.2) is 18.2 Å². The van der Waals surface area contributed by atoms with E-state index in [0.29, 0.717) is 6.10 Å². The van der Waals surface area contributed by atoms with Crippen LogP contribution in [0.4, 0.5) is 0 Å². The minimum atomic E-state index is 0.441. The summed E-state index contributed by atoms with van der Waals surface area (Å²) in [6.45, 7) is 9.65. The van der Waals surface area contributed by atoms with Gasteiger partial charge in [-0.15, -0.1) is 0 Å². The highest BCUT2D eigenvalue weighted by atomic mass is 16.5. The summed E-state index contributed by atoms with van der Waals surface area (Å²) in [7, 11) is 0. The van der Waals surface area contributed by atoms with Crippen LogP contribution in [-0.4, -0.2) is 6.10 Å². The molecule has 0 amide bonds. The summed E-state index contributed by atoms with van der Waals surface area (Å²) in [5, 5.41) is 0. The van der Waals surface area contributed by atoms with Gasteiger partial charge in [0.1, 0.15) is 0 Å². The third kappa shape index (κ3) is 5.78. The molecule has 108 valence electrons. The van der Waals surface area contributed by atoms with Crippen LogP contribution < -0.4 is 0 Å². The van der Waals surface area contributed by atoms with Gasteiger partial charge in [0, 0.05) is 0 Å². The number of benzene rings is 1. The molecule has 1 aromatic rings. The Balaban J connectivity index is 2.53. The lowest BCUT2D eigenvalue weighted by molar-refractivity contribution is 0.0276. The highest BCUT2D eigenvalue weighted by molar-refractivity contribution is 5.30. The number of ether oxygens (including phenoxy) is 1. The van der Waals surface area contributed by atoms with E-state index in [1.807, 2.05) is 0 Å². The molecule has 1 nitrogen and oxygen atoms in total. The van der Waals surface area contributed by atoms with Crippen molar-refractivity contribution in [2.75, 3.05) is 0 Å². The first-order chi connectivity index (χ1) is 9.21. The van der Waals surface area contributed by atoms with Gasteiger partial charge in [-0.1, -0.05) is 58.2 Å². The highest BCUT2D eigenvalue weighted by Crippen LogP contribution is 2.16. The average molecular weight is 262 g/mol.